The predicted molar refractivity (Wildman–Crippen MR) is 90.9 cm³/mol. The first-order valence-corrected chi connectivity index (χ1v) is 7.67. The molecule has 0 saturated heterocycles. The van der Waals surface area contributed by atoms with E-state index in [9.17, 15) is 4.79 Å². The Labute approximate surface area is 140 Å². The lowest BCUT2D eigenvalue weighted by Gasteiger charge is -2.20. The van der Waals surface area contributed by atoms with E-state index in [1.165, 1.54) is 0 Å². The minimum absolute atomic E-state index is 0.364. The molecule has 2 rings (SSSR count). The third-order valence-electron chi connectivity index (χ3n) is 2.44. The van der Waals surface area contributed by atoms with E-state index >= 15 is 0 Å². The van der Waals surface area contributed by atoms with Crippen molar-refractivity contribution in [1.82, 2.24) is 4.98 Å². The van der Waals surface area contributed by atoms with E-state index in [2.05, 4.69) is 32.9 Å². The molecule has 4 nitrogen and oxygen atoms in total. The van der Waals surface area contributed by atoms with Crippen molar-refractivity contribution in [2.45, 2.75) is 26.4 Å². The van der Waals surface area contributed by atoms with Crippen molar-refractivity contribution in [2.75, 3.05) is 5.32 Å². The molecule has 2 N–H and O–H groups in total. The standard InChI is InChI=1S/C13H13Cl2IN2O2/c1-13(2,3)20-12(19)18-8-4-6(14)10(15)11-9(8)7(16)5-17-11/h4-5,17H,1-3H3,(H,18,19). The summed E-state index contributed by atoms with van der Waals surface area (Å²) in [6.07, 6.45) is 1.27. The van der Waals surface area contributed by atoms with Crippen LogP contribution in [0.15, 0.2) is 12.3 Å². The number of rotatable bonds is 1. The molecule has 0 saturated carbocycles. The highest BCUT2D eigenvalue weighted by Crippen LogP contribution is 2.38. The fourth-order valence-electron chi connectivity index (χ4n) is 1.73. The van der Waals surface area contributed by atoms with Crippen LogP contribution in [0.3, 0.4) is 0 Å². The number of nitrogens with one attached hydrogen (secondary N) is 2. The Bertz CT molecular complexity index is 677. The monoisotopic (exact) mass is 426 g/mol. The van der Waals surface area contributed by atoms with E-state index in [-0.39, 0.29) is 0 Å². The molecule has 0 unspecified atom stereocenters. The number of amides is 1. The number of aromatic amines is 1. The SMILES string of the molecule is CC(C)(C)OC(=O)Nc1cc(Cl)c(Cl)c2[nH]cc(I)c12. The van der Waals surface area contributed by atoms with Crippen molar-refractivity contribution < 1.29 is 9.53 Å². The molecule has 0 aliphatic heterocycles. The first kappa shape index (κ1) is 15.7. The normalized spacial score (nSPS) is 11.7. The van der Waals surface area contributed by atoms with Crippen LogP contribution in [0, 0.1) is 3.57 Å². The van der Waals surface area contributed by atoms with Crippen molar-refractivity contribution in [3.8, 4) is 0 Å². The Kier molecular flexibility index (Phi) is 4.41. The smallest absolute Gasteiger partial charge is 0.412 e. The molecule has 1 heterocycles. The fourth-order valence-corrected chi connectivity index (χ4v) is 2.85. The number of ether oxygens (including phenoxy) is 1. The van der Waals surface area contributed by atoms with Crippen LogP contribution in [0.25, 0.3) is 10.9 Å². The van der Waals surface area contributed by atoms with E-state index in [4.69, 9.17) is 27.9 Å². The van der Waals surface area contributed by atoms with Gasteiger partial charge in [-0.05, 0) is 49.4 Å². The summed E-state index contributed by atoms with van der Waals surface area (Å²) >= 11 is 14.4. The molecule has 0 fully saturated rings. The van der Waals surface area contributed by atoms with Crippen LogP contribution in [0.5, 0.6) is 0 Å². The third-order valence-corrected chi connectivity index (χ3v) is 4.08. The summed E-state index contributed by atoms with van der Waals surface area (Å²) in [5.41, 5.74) is 0.689. The highest BCUT2D eigenvalue weighted by molar-refractivity contribution is 14.1. The van der Waals surface area contributed by atoms with Crippen LogP contribution in [0.1, 0.15) is 20.8 Å². The lowest BCUT2D eigenvalue weighted by Crippen LogP contribution is -2.27. The van der Waals surface area contributed by atoms with Gasteiger partial charge in [-0.15, -0.1) is 0 Å². The summed E-state index contributed by atoms with van der Waals surface area (Å²) in [6, 6.07) is 1.62. The van der Waals surface area contributed by atoms with Crippen molar-refractivity contribution in [1.29, 1.82) is 0 Å². The molecular formula is C13H13Cl2IN2O2. The van der Waals surface area contributed by atoms with E-state index in [1.54, 1.807) is 33.0 Å². The molecule has 0 aliphatic carbocycles. The number of fused-ring (bicyclic) bond motifs is 1. The molecule has 108 valence electrons. The lowest BCUT2D eigenvalue weighted by molar-refractivity contribution is 0.0636. The zero-order valence-electron chi connectivity index (χ0n) is 11.1. The second kappa shape index (κ2) is 5.61. The number of carbonyl (C=O) groups is 1. The minimum atomic E-state index is -0.565. The maximum absolute atomic E-state index is 11.9. The van der Waals surface area contributed by atoms with Crippen LogP contribution in [0.2, 0.25) is 10.0 Å². The molecule has 1 aromatic carbocycles. The molecule has 0 aliphatic rings. The van der Waals surface area contributed by atoms with E-state index in [0.29, 0.717) is 21.2 Å². The molecule has 0 atom stereocenters. The van der Waals surface area contributed by atoms with Gasteiger partial charge in [-0.25, -0.2) is 4.79 Å². The topological polar surface area (TPSA) is 54.1 Å². The number of benzene rings is 1. The first-order valence-electron chi connectivity index (χ1n) is 5.83. The Hall–Kier alpha value is -0.660. The Morgan fingerprint density at radius 3 is 2.65 bits per heavy atom. The van der Waals surface area contributed by atoms with Crippen LogP contribution in [-0.2, 0) is 4.74 Å². The fraction of sp³-hybridized carbons (Fsp3) is 0.308. The van der Waals surface area contributed by atoms with Crippen LogP contribution >= 0.6 is 45.8 Å². The molecule has 0 radical (unpaired) electrons. The number of carbonyl (C=O) groups excluding carboxylic acids is 1. The summed E-state index contributed by atoms with van der Waals surface area (Å²) in [4.78, 5) is 14.9. The number of H-pyrrole nitrogens is 1. The second-order valence-electron chi connectivity index (χ2n) is 5.23. The van der Waals surface area contributed by atoms with Crippen LogP contribution in [-0.4, -0.2) is 16.7 Å². The minimum Gasteiger partial charge on any atom is -0.444 e. The summed E-state index contributed by atoms with van der Waals surface area (Å²) in [7, 11) is 0. The average molecular weight is 427 g/mol. The van der Waals surface area contributed by atoms with Crippen molar-refractivity contribution in [2.24, 2.45) is 0 Å². The van der Waals surface area contributed by atoms with Gasteiger partial charge in [0.15, 0.2) is 0 Å². The third kappa shape index (κ3) is 3.32. The summed E-state index contributed by atoms with van der Waals surface area (Å²) < 4.78 is 6.17. The van der Waals surface area contributed by atoms with Gasteiger partial charge in [0.1, 0.15) is 5.60 Å². The molecule has 1 amide bonds. The maximum atomic E-state index is 11.9. The molecular weight excluding hydrogens is 414 g/mol. The Morgan fingerprint density at radius 2 is 2.05 bits per heavy atom. The number of aromatic nitrogens is 1. The van der Waals surface area contributed by atoms with Crippen LogP contribution in [0.4, 0.5) is 10.5 Å². The van der Waals surface area contributed by atoms with Gasteiger partial charge in [0, 0.05) is 15.2 Å². The van der Waals surface area contributed by atoms with Gasteiger partial charge >= 0.3 is 6.09 Å². The van der Waals surface area contributed by atoms with Crippen molar-refractivity contribution >= 4 is 68.5 Å². The highest BCUT2D eigenvalue weighted by atomic mass is 127. The number of hydrogen-bond acceptors (Lipinski definition) is 2. The van der Waals surface area contributed by atoms with Crippen molar-refractivity contribution in [3.63, 3.8) is 0 Å². The molecule has 2 aromatic rings. The van der Waals surface area contributed by atoms with Crippen molar-refractivity contribution in [3.05, 3.63) is 25.9 Å². The maximum Gasteiger partial charge on any atom is 0.412 e. The van der Waals surface area contributed by atoms with Gasteiger partial charge in [-0.2, -0.15) is 0 Å². The van der Waals surface area contributed by atoms with E-state index < -0.39 is 11.7 Å². The van der Waals surface area contributed by atoms with Gasteiger partial charge in [0.05, 0.1) is 21.2 Å². The van der Waals surface area contributed by atoms with E-state index in [1.807, 2.05) is 0 Å². The lowest BCUT2D eigenvalue weighted by atomic mass is 10.2. The number of halogens is 3. The van der Waals surface area contributed by atoms with Gasteiger partial charge in [0.25, 0.3) is 0 Å². The van der Waals surface area contributed by atoms with Crippen LogP contribution < -0.4 is 5.32 Å². The summed E-state index contributed by atoms with van der Waals surface area (Å²) in [6.45, 7) is 5.41. The second-order valence-corrected chi connectivity index (χ2v) is 7.18. The largest absolute Gasteiger partial charge is 0.444 e. The van der Waals surface area contributed by atoms with Gasteiger partial charge < -0.3 is 9.72 Å². The molecule has 7 heteroatoms. The molecule has 1 aromatic heterocycles. The zero-order chi connectivity index (χ0) is 15.1. The molecule has 20 heavy (non-hydrogen) atoms. The Morgan fingerprint density at radius 1 is 1.40 bits per heavy atom. The zero-order valence-corrected chi connectivity index (χ0v) is 14.8. The summed E-state index contributed by atoms with van der Waals surface area (Å²) in [5, 5.41) is 4.31. The average Bonchev–Trinajstić information content (AvgIpc) is 2.65. The van der Waals surface area contributed by atoms with Gasteiger partial charge in [0.2, 0.25) is 0 Å². The molecule has 0 bridgehead atoms. The summed E-state index contributed by atoms with van der Waals surface area (Å²) in [5.74, 6) is 0. The van der Waals surface area contributed by atoms with E-state index in [0.717, 1.165) is 8.96 Å². The van der Waals surface area contributed by atoms with Gasteiger partial charge in [-0.3, -0.25) is 5.32 Å². The number of anilines is 1. The quantitative estimate of drug-likeness (QED) is 0.597. The first-order chi connectivity index (χ1) is 9.19. The predicted octanol–water partition coefficient (Wildman–Crippen LogP) is 5.43. The van der Waals surface area contributed by atoms with Gasteiger partial charge in [-0.1, -0.05) is 23.2 Å². The number of hydrogen-bond donors (Lipinski definition) is 2. The molecule has 0 spiro atoms. The highest BCUT2D eigenvalue weighted by Gasteiger charge is 2.19. The Balaban J connectivity index is 2.42.